The van der Waals surface area contributed by atoms with E-state index >= 15 is 0 Å². The van der Waals surface area contributed by atoms with Crippen molar-refractivity contribution in [3.8, 4) is 0 Å². The van der Waals surface area contributed by atoms with Gasteiger partial charge < -0.3 is 9.36 Å². The highest BCUT2D eigenvalue weighted by atomic mass is 16.1. The van der Waals surface area contributed by atoms with Crippen molar-refractivity contribution < 1.29 is 4.79 Å². The number of benzene rings is 1. The van der Waals surface area contributed by atoms with Crippen LogP contribution >= 0.6 is 0 Å². The van der Waals surface area contributed by atoms with Gasteiger partial charge in [-0.25, -0.2) is 0 Å². The van der Waals surface area contributed by atoms with Gasteiger partial charge in [0.15, 0.2) is 0 Å². The van der Waals surface area contributed by atoms with Crippen molar-refractivity contribution in [2.24, 2.45) is 7.05 Å². The van der Waals surface area contributed by atoms with Crippen LogP contribution < -0.4 is 5.56 Å². The van der Waals surface area contributed by atoms with E-state index in [1.54, 1.807) is 17.7 Å². The van der Waals surface area contributed by atoms with Crippen molar-refractivity contribution in [3.05, 3.63) is 46.2 Å². The van der Waals surface area contributed by atoms with Gasteiger partial charge in [-0.2, -0.15) is 0 Å². The van der Waals surface area contributed by atoms with Gasteiger partial charge in [0.05, 0.1) is 5.52 Å². The Bertz CT molecular complexity index is 569. The number of nitrogens with zero attached hydrogens (tertiary/aromatic N) is 1. The first-order chi connectivity index (χ1) is 7.24. The fourth-order valence-electron chi connectivity index (χ4n) is 1.74. The van der Waals surface area contributed by atoms with Gasteiger partial charge in [-0.3, -0.25) is 4.79 Å². The molecule has 0 spiro atoms. The number of rotatable bonds is 2. The predicted molar refractivity (Wildman–Crippen MR) is 59.0 cm³/mol. The van der Waals surface area contributed by atoms with Gasteiger partial charge in [-0.05, 0) is 17.7 Å². The lowest BCUT2D eigenvalue weighted by Crippen LogP contribution is -2.15. The van der Waals surface area contributed by atoms with Gasteiger partial charge in [0.25, 0.3) is 5.56 Å². The van der Waals surface area contributed by atoms with Crippen molar-refractivity contribution in [2.75, 3.05) is 0 Å². The number of aryl methyl sites for hydroxylation is 1. The zero-order chi connectivity index (χ0) is 10.8. The number of aldehydes is 1. The molecule has 2 aromatic rings. The maximum Gasteiger partial charge on any atom is 0.250 e. The second kappa shape index (κ2) is 3.69. The number of aromatic nitrogens is 1. The highest BCUT2D eigenvalue weighted by Crippen LogP contribution is 2.16. The summed E-state index contributed by atoms with van der Waals surface area (Å²) in [6, 6.07) is 8.94. The molecule has 0 saturated heterocycles. The van der Waals surface area contributed by atoms with Crippen molar-refractivity contribution in [1.29, 1.82) is 0 Å². The topological polar surface area (TPSA) is 39.1 Å². The lowest BCUT2D eigenvalue weighted by molar-refractivity contribution is -0.107. The second-order valence-corrected chi connectivity index (χ2v) is 3.45. The maximum absolute atomic E-state index is 11.4. The van der Waals surface area contributed by atoms with Crippen molar-refractivity contribution in [1.82, 2.24) is 4.57 Å². The van der Waals surface area contributed by atoms with Crippen molar-refractivity contribution in [3.63, 3.8) is 0 Å². The number of hydrogen-bond acceptors (Lipinski definition) is 2. The van der Waals surface area contributed by atoms with E-state index in [1.165, 1.54) is 6.07 Å². The molecule has 0 saturated carbocycles. The molecule has 0 aliphatic heterocycles. The minimum Gasteiger partial charge on any atom is -0.311 e. The Balaban J connectivity index is 2.83. The Labute approximate surface area is 87.0 Å². The summed E-state index contributed by atoms with van der Waals surface area (Å²) in [5.74, 6) is 0. The van der Waals surface area contributed by atoms with E-state index < -0.39 is 0 Å². The van der Waals surface area contributed by atoms with Crippen LogP contribution in [0.4, 0.5) is 0 Å². The molecule has 0 bridgehead atoms. The van der Waals surface area contributed by atoms with Crippen LogP contribution in [0.5, 0.6) is 0 Å². The molecule has 0 atom stereocenters. The Morgan fingerprint density at radius 1 is 1.27 bits per heavy atom. The Morgan fingerprint density at radius 2 is 2.07 bits per heavy atom. The van der Waals surface area contributed by atoms with Gasteiger partial charge in [0, 0.05) is 24.9 Å². The highest BCUT2D eigenvalue weighted by molar-refractivity contribution is 5.84. The molecule has 0 radical (unpaired) electrons. The third kappa shape index (κ3) is 1.56. The van der Waals surface area contributed by atoms with Crippen LogP contribution in [0.25, 0.3) is 10.9 Å². The van der Waals surface area contributed by atoms with Gasteiger partial charge in [0.1, 0.15) is 6.29 Å². The fourth-order valence-corrected chi connectivity index (χ4v) is 1.74. The molecule has 76 valence electrons. The van der Waals surface area contributed by atoms with Crippen LogP contribution in [-0.2, 0) is 18.3 Å². The number of carbonyl (C=O) groups is 1. The molecular formula is C12H11NO2. The van der Waals surface area contributed by atoms with Crippen LogP contribution in [-0.4, -0.2) is 10.9 Å². The number of carbonyl (C=O) groups excluding carboxylic acids is 1. The van der Waals surface area contributed by atoms with Crippen molar-refractivity contribution in [2.45, 2.75) is 6.42 Å². The van der Waals surface area contributed by atoms with E-state index in [9.17, 15) is 9.59 Å². The zero-order valence-corrected chi connectivity index (χ0v) is 8.43. The van der Waals surface area contributed by atoms with Gasteiger partial charge in [-0.15, -0.1) is 0 Å². The van der Waals surface area contributed by atoms with E-state index in [2.05, 4.69) is 0 Å². The predicted octanol–water partition coefficient (Wildman–Crippen LogP) is 1.28. The standard InChI is InChI=1S/C12H11NO2/c1-13-11-4-2-3-9(7-8-14)10(11)5-6-12(13)15/h2-6,8H,7H2,1H3. The van der Waals surface area contributed by atoms with Crippen LogP contribution in [0.2, 0.25) is 0 Å². The lowest BCUT2D eigenvalue weighted by Gasteiger charge is -2.06. The first kappa shape index (κ1) is 9.65. The van der Waals surface area contributed by atoms with Gasteiger partial charge in [-0.1, -0.05) is 12.1 Å². The maximum atomic E-state index is 11.4. The molecule has 2 rings (SSSR count). The van der Waals surface area contributed by atoms with Gasteiger partial charge >= 0.3 is 0 Å². The Kier molecular flexibility index (Phi) is 2.37. The summed E-state index contributed by atoms with van der Waals surface area (Å²) >= 11 is 0. The molecule has 0 aliphatic carbocycles. The molecule has 0 fully saturated rings. The third-order valence-electron chi connectivity index (χ3n) is 2.56. The Hall–Kier alpha value is -1.90. The molecule has 0 aliphatic rings. The summed E-state index contributed by atoms with van der Waals surface area (Å²) in [6.07, 6.45) is 1.26. The number of hydrogen-bond donors (Lipinski definition) is 0. The second-order valence-electron chi connectivity index (χ2n) is 3.45. The van der Waals surface area contributed by atoms with Crippen LogP contribution in [0.3, 0.4) is 0 Å². The third-order valence-corrected chi connectivity index (χ3v) is 2.56. The normalized spacial score (nSPS) is 10.5. The SMILES string of the molecule is Cn1c(=O)ccc2c(CC=O)cccc21. The summed E-state index contributed by atoms with van der Waals surface area (Å²) in [5.41, 5.74) is 1.78. The summed E-state index contributed by atoms with van der Waals surface area (Å²) in [4.78, 5) is 21.9. The summed E-state index contributed by atoms with van der Waals surface area (Å²) < 4.78 is 1.59. The summed E-state index contributed by atoms with van der Waals surface area (Å²) in [7, 11) is 1.73. The van der Waals surface area contributed by atoms with E-state index in [-0.39, 0.29) is 5.56 Å². The molecule has 3 heteroatoms. The largest absolute Gasteiger partial charge is 0.311 e. The van der Waals surface area contributed by atoms with Crippen LogP contribution in [0, 0.1) is 0 Å². The molecule has 0 amide bonds. The highest BCUT2D eigenvalue weighted by Gasteiger charge is 2.02. The molecule has 1 aromatic carbocycles. The molecule has 1 heterocycles. The average molecular weight is 201 g/mol. The average Bonchev–Trinajstić information content (AvgIpc) is 2.25. The Morgan fingerprint density at radius 3 is 2.80 bits per heavy atom. The number of pyridine rings is 1. The van der Waals surface area contributed by atoms with E-state index in [0.717, 1.165) is 22.8 Å². The number of fused-ring (bicyclic) bond motifs is 1. The van der Waals surface area contributed by atoms with E-state index in [4.69, 9.17) is 0 Å². The molecular weight excluding hydrogens is 190 g/mol. The minimum atomic E-state index is -0.0363. The smallest absolute Gasteiger partial charge is 0.250 e. The van der Waals surface area contributed by atoms with Gasteiger partial charge in [0.2, 0.25) is 0 Å². The monoisotopic (exact) mass is 201 g/mol. The first-order valence-corrected chi connectivity index (χ1v) is 4.75. The van der Waals surface area contributed by atoms with Crippen LogP contribution in [0.15, 0.2) is 35.1 Å². The molecule has 15 heavy (non-hydrogen) atoms. The quantitative estimate of drug-likeness (QED) is 0.686. The fraction of sp³-hybridized carbons (Fsp3) is 0.167. The lowest BCUT2D eigenvalue weighted by atomic mass is 10.1. The summed E-state index contributed by atoms with van der Waals surface area (Å²) in [6.45, 7) is 0. The van der Waals surface area contributed by atoms with E-state index in [1.807, 2.05) is 18.2 Å². The molecule has 0 N–H and O–H groups in total. The molecule has 0 unspecified atom stereocenters. The molecule has 3 nitrogen and oxygen atoms in total. The van der Waals surface area contributed by atoms with Crippen LogP contribution in [0.1, 0.15) is 5.56 Å². The summed E-state index contributed by atoms with van der Waals surface area (Å²) in [5, 5.41) is 0.965. The first-order valence-electron chi connectivity index (χ1n) is 4.75. The molecule has 1 aromatic heterocycles. The zero-order valence-electron chi connectivity index (χ0n) is 8.43. The van der Waals surface area contributed by atoms with E-state index in [0.29, 0.717) is 6.42 Å². The van der Waals surface area contributed by atoms with Crippen molar-refractivity contribution >= 4 is 17.2 Å². The minimum absolute atomic E-state index is 0.0363.